The maximum atomic E-state index is 13.7. The van der Waals surface area contributed by atoms with Crippen LogP contribution in [0.4, 0.5) is 4.39 Å². The van der Waals surface area contributed by atoms with E-state index in [4.69, 9.17) is 5.73 Å². The van der Waals surface area contributed by atoms with Crippen molar-refractivity contribution in [2.45, 2.75) is 25.4 Å². The Balaban J connectivity index is 1.91. The van der Waals surface area contributed by atoms with Gasteiger partial charge in [0.05, 0.1) is 5.52 Å². The Labute approximate surface area is 112 Å². The van der Waals surface area contributed by atoms with E-state index in [9.17, 15) is 4.39 Å². The molecular weight excluding hydrogens is 241 g/mol. The summed E-state index contributed by atoms with van der Waals surface area (Å²) in [5.41, 5.74) is 7.83. The van der Waals surface area contributed by atoms with E-state index in [2.05, 4.69) is 9.88 Å². The van der Waals surface area contributed by atoms with Gasteiger partial charge in [0.25, 0.3) is 0 Å². The second-order valence-corrected chi connectivity index (χ2v) is 5.28. The first-order chi connectivity index (χ1) is 9.22. The van der Waals surface area contributed by atoms with E-state index in [1.54, 1.807) is 12.3 Å². The highest BCUT2D eigenvalue weighted by atomic mass is 19.1. The van der Waals surface area contributed by atoms with Crippen LogP contribution in [0.3, 0.4) is 0 Å². The highest BCUT2D eigenvalue weighted by Crippen LogP contribution is 2.21. The lowest BCUT2D eigenvalue weighted by Crippen LogP contribution is -2.42. The lowest BCUT2D eigenvalue weighted by Gasteiger charge is -2.30. The zero-order chi connectivity index (χ0) is 13.2. The fourth-order valence-corrected chi connectivity index (χ4v) is 2.82. The highest BCUT2D eigenvalue weighted by Gasteiger charge is 2.18. The summed E-state index contributed by atoms with van der Waals surface area (Å²) in [5, 5.41) is 0.860. The molecule has 0 bridgehead atoms. The molecule has 0 saturated carbocycles. The number of halogens is 1. The van der Waals surface area contributed by atoms with E-state index < -0.39 is 0 Å². The molecule has 1 fully saturated rings. The first-order valence-electron chi connectivity index (χ1n) is 6.73. The predicted octanol–water partition coefficient (Wildman–Crippen LogP) is 2.30. The molecule has 1 aliphatic rings. The van der Waals surface area contributed by atoms with Crippen molar-refractivity contribution in [2.24, 2.45) is 5.73 Å². The molecule has 100 valence electrons. The first-order valence-corrected chi connectivity index (χ1v) is 6.73. The van der Waals surface area contributed by atoms with Gasteiger partial charge < -0.3 is 5.73 Å². The van der Waals surface area contributed by atoms with E-state index in [1.807, 2.05) is 12.1 Å². The molecule has 3 nitrogen and oxygen atoms in total. The minimum atomic E-state index is -0.197. The summed E-state index contributed by atoms with van der Waals surface area (Å²) in [5.74, 6) is -0.197. The van der Waals surface area contributed by atoms with Crippen LogP contribution in [-0.4, -0.2) is 29.0 Å². The van der Waals surface area contributed by atoms with E-state index in [1.165, 1.54) is 6.07 Å². The van der Waals surface area contributed by atoms with Crippen molar-refractivity contribution < 1.29 is 4.39 Å². The number of rotatable bonds is 2. The third kappa shape index (κ3) is 2.74. The van der Waals surface area contributed by atoms with Gasteiger partial charge in [0.15, 0.2) is 0 Å². The van der Waals surface area contributed by atoms with Crippen molar-refractivity contribution in [1.82, 2.24) is 9.88 Å². The molecule has 2 heterocycles. The number of nitrogens with two attached hydrogens (primary N) is 1. The Hall–Kier alpha value is -1.52. The van der Waals surface area contributed by atoms with Gasteiger partial charge in [-0.25, -0.2) is 4.39 Å². The number of pyridine rings is 1. The Kier molecular flexibility index (Phi) is 3.44. The van der Waals surface area contributed by atoms with E-state index in [0.29, 0.717) is 0 Å². The van der Waals surface area contributed by atoms with Gasteiger partial charge in [0, 0.05) is 30.7 Å². The summed E-state index contributed by atoms with van der Waals surface area (Å²) in [4.78, 5) is 6.67. The average molecular weight is 259 g/mol. The van der Waals surface area contributed by atoms with Crippen LogP contribution in [-0.2, 0) is 6.54 Å². The maximum Gasteiger partial charge on any atom is 0.124 e. The molecule has 1 aliphatic heterocycles. The number of nitrogens with zero attached hydrogens (tertiary/aromatic N) is 2. The van der Waals surface area contributed by atoms with Gasteiger partial charge in [0.1, 0.15) is 5.82 Å². The van der Waals surface area contributed by atoms with Crippen molar-refractivity contribution in [3.8, 4) is 0 Å². The van der Waals surface area contributed by atoms with Crippen LogP contribution in [0, 0.1) is 5.82 Å². The molecule has 2 aromatic rings. The summed E-state index contributed by atoms with van der Waals surface area (Å²) in [6, 6.07) is 7.10. The lowest BCUT2D eigenvalue weighted by atomic mass is 10.0. The summed E-state index contributed by atoms with van der Waals surface area (Å²) < 4.78 is 13.7. The van der Waals surface area contributed by atoms with Gasteiger partial charge in [-0.05, 0) is 43.1 Å². The predicted molar refractivity (Wildman–Crippen MR) is 74.2 cm³/mol. The van der Waals surface area contributed by atoms with Gasteiger partial charge in [-0.2, -0.15) is 0 Å². The summed E-state index contributed by atoms with van der Waals surface area (Å²) in [6.07, 6.45) is 3.95. The van der Waals surface area contributed by atoms with Crippen LogP contribution in [0.5, 0.6) is 0 Å². The van der Waals surface area contributed by atoms with Crippen LogP contribution in [0.1, 0.15) is 18.4 Å². The molecule has 1 aromatic carbocycles. The van der Waals surface area contributed by atoms with E-state index in [-0.39, 0.29) is 11.9 Å². The third-order valence-corrected chi connectivity index (χ3v) is 3.68. The van der Waals surface area contributed by atoms with Gasteiger partial charge in [-0.15, -0.1) is 0 Å². The maximum absolute atomic E-state index is 13.7. The van der Waals surface area contributed by atoms with Gasteiger partial charge in [0.2, 0.25) is 0 Å². The van der Waals surface area contributed by atoms with E-state index in [0.717, 1.165) is 48.9 Å². The number of aromatic nitrogens is 1. The standard InChI is InChI=1S/C15H18FN3/c16-13-7-11-3-1-5-18-15(11)12(8-13)9-19-6-2-4-14(17)10-19/h1,3,5,7-8,14H,2,4,6,9-10,17H2. The third-order valence-electron chi connectivity index (χ3n) is 3.68. The molecule has 0 amide bonds. The number of fused-ring (bicyclic) bond motifs is 1. The Morgan fingerprint density at radius 1 is 1.42 bits per heavy atom. The molecule has 19 heavy (non-hydrogen) atoms. The average Bonchev–Trinajstić information content (AvgIpc) is 2.38. The second kappa shape index (κ2) is 5.23. The van der Waals surface area contributed by atoms with Crippen molar-refractivity contribution in [3.05, 3.63) is 41.8 Å². The summed E-state index contributed by atoms with van der Waals surface area (Å²) in [7, 11) is 0. The largest absolute Gasteiger partial charge is 0.327 e. The first kappa shape index (κ1) is 12.5. The Bertz CT molecular complexity index is 585. The zero-order valence-corrected chi connectivity index (χ0v) is 10.8. The fraction of sp³-hybridized carbons (Fsp3) is 0.400. The number of piperidine rings is 1. The van der Waals surface area contributed by atoms with Crippen molar-refractivity contribution in [1.29, 1.82) is 0 Å². The zero-order valence-electron chi connectivity index (χ0n) is 10.8. The number of benzene rings is 1. The van der Waals surface area contributed by atoms with Gasteiger partial charge >= 0.3 is 0 Å². The molecular formula is C15H18FN3. The van der Waals surface area contributed by atoms with Crippen LogP contribution >= 0.6 is 0 Å². The fourth-order valence-electron chi connectivity index (χ4n) is 2.82. The summed E-state index contributed by atoms with van der Waals surface area (Å²) >= 11 is 0. The molecule has 0 radical (unpaired) electrons. The van der Waals surface area contributed by atoms with Crippen LogP contribution in [0.15, 0.2) is 30.5 Å². The normalized spacial score (nSPS) is 20.8. The topological polar surface area (TPSA) is 42.1 Å². The number of likely N-dealkylation sites (tertiary alicyclic amines) is 1. The number of hydrogen-bond acceptors (Lipinski definition) is 3. The second-order valence-electron chi connectivity index (χ2n) is 5.28. The van der Waals surface area contributed by atoms with E-state index >= 15 is 0 Å². The molecule has 1 saturated heterocycles. The molecule has 3 rings (SSSR count). The lowest BCUT2D eigenvalue weighted by molar-refractivity contribution is 0.202. The van der Waals surface area contributed by atoms with Crippen LogP contribution in [0.25, 0.3) is 10.9 Å². The minimum Gasteiger partial charge on any atom is -0.327 e. The molecule has 1 atom stereocenters. The SMILES string of the molecule is NC1CCCN(Cc2cc(F)cc3cccnc23)C1. The smallest absolute Gasteiger partial charge is 0.124 e. The molecule has 4 heteroatoms. The Morgan fingerprint density at radius 3 is 3.16 bits per heavy atom. The molecule has 2 N–H and O–H groups in total. The minimum absolute atomic E-state index is 0.197. The van der Waals surface area contributed by atoms with Crippen molar-refractivity contribution in [3.63, 3.8) is 0 Å². The van der Waals surface area contributed by atoms with Crippen molar-refractivity contribution >= 4 is 10.9 Å². The quantitative estimate of drug-likeness (QED) is 0.899. The number of hydrogen-bond donors (Lipinski definition) is 1. The molecule has 0 aliphatic carbocycles. The van der Waals surface area contributed by atoms with Crippen molar-refractivity contribution in [2.75, 3.05) is 13.1 Å². The van der Waals surface area contributed by atoms with Crippen LogP contribution < -0.4 is 5.73 Å². The molecule has 1 unspecified atom stereocenters. The van der Waals surface area contributed by atoms with Crippen LogP contribution in [0.2, 0.25) is 0 Å². The molecule has 1 aromatic heterocycles. The Morgan fingerprint density at radius 2 is 2.32 bits per heavy atom. The molecule has 0 spiro atoms. The van der Waals surface area contributed by atoms with Gasteiger partial charge in [-0.3, -0.25) is 9.88 Å². The summed E-state index contributed by atoms with van der Waals surface area (Å²) in [6.45, 7) is 2.63. The monoisotopic (exact) mass is 259 g/mol. The van der Waals surface area contributed by atoms with Gasteiger partial charge in [-0.1, -0.05) is 6.07 Å². The highest BCUT2D eigenvalue weighted by molar-refractivity contribution is 5.81.